The molecule has 0 N–H and O–H groups in total. The first-order valence-electron chi connectivity index (χ1n) is 5.31. The van der Waals surface area contributed by atoms with Crippen LogP contribution in [0.5, 0.6) is 0 Å². The van der Waals surface area contributed by atoms with Gasteiger partial charge in [-0.1, -0.05) is 36.4 Å². The van der Waals surface area contributed by atoms with Crippen LogP contribution in [-0.4, -0.2) is 14.7 Å². The van der Waals surface area contributed by atoms with Crippen molar-refractivity contribution in [3.63, 3.8) is 0 Å². The van der Waals surface area contributed by atoms with Crippen molar-refractivity contribution in [2.45, 2.75) is 0 Å². The van der Waals surface area contributed by atoms with Crippen molar-refractivity contribution in [2.75, 3.05) is 6.26 Å². The van der Waals surface area contributed by atoms with E-state index in [9.17, 15) is 8.42 Å². The Balaban J connectivity index is 2.56. The van der Waals surface area contributed by atoms with Crippen LogP contribution in [0.3, 0.4) is 0 Å². The number of hydrogen-bond acceptors (Lipinski definition) is 3. The van der Waals surface area contributed by atoms with Crippen molar-refractivity contribution in [1.29, 1.82) is 5.26 Å². The molecule has 0 atom stereocenters. The quantitative estimate of drug-likeness (QED) is 0.777. The Morgan fingerprint density at radius 1 is 1.17 bits per heavy atom. The van der Waals surface area contributed by atoms with Crippen LogP contribution < -0.4 is 0 Å². The summed E-state index contributed by atoms with van der Waals surface area (Å²) in [4.78, 5) is -0.224. The number of allylic oxidation sites excluding steroid dienone is 1. The summed E-state index contributed by atoms with van der Waals surface area (Å²) in [5.74, 6) is 0. The summed E-state index contributed by atoms with van der Waals surface area (Å²) >= 11 is 0. The van der Waals surface area contributed by atoms with Crippen molar-refractivity contribution in [1.82, 2.24) is 0 Å². The van der Waals surface area contributed by atoms with Gasteiger partial charge in [0.15, 0.2) is 9.84 Å². The predicted molar refractivity (Wildman–Crippen MR) is 72.4 cm³/mol. The predicted octanol–water partition coefficient (Wildman–Crippen LogP) is 2.75. The molecule has 0 amide bonds. The Kier molecular flexibility index (Phi) is 3.17. The monoisotopic (exact) mass is 257 g/mol. The van der Waals surface area contributed by atoms with Crippen LogP contribution >= 0.6 is 0 Å². The van der Waals surface area contributed by atoms with Gasteiger partial charge in [-0.2, -0.15) is 5.26 Å². The van der Waals surface area contributed by atoms with Crippen LogP contribution in [0.4, 0.5) is 0 Å². The van der Waals surface area contributed by atoms with Gasteiger partial charge in [0.2, 0.25) is 0 Å². The first-order chi connectivity index (χ1) is 8.50. The van der Waals surface area contributed by atoms with Crippen molar-refractivity contribution < 1.29 is 8.42 Å². The summed E-state index contributed by atoms with van der Waals surface area (Å²) < 4.78 is 22.7. The first kappa shape index (κ1) is 12.3. The maximum Gasteiger partial charge on any atom is 0.185 e. The van der Waals surface area contributed by atoms with Crippen LogP contribution in [0.2, 0.25) is 0 Å². The van der Waals surface area contributed by atoms with Gasteiger partial charge in [0.05, 0.1) is 0 Å². The average Bonchev–Trinajstić information content (AvgIpc) is 2.34. The summed E-state index contributed by atoms with van der Waals surface area (Å²) in [6, 6.07) is 15.0. The number of fused-ring (bicyclic) bond motifs is 1. The fraction of sp³-hybridized carbons (Fsp3) is 0.0714. The fourth-order valence-electron chi connectivity index (χ4n) is 1.67. The molecule has 2 aromatic rings. The van der Waals surface area contributed by atoms with Gasteiger partial charge < -0.3 is 0 Å². The highest BCUT2D eigenvalue weighted by molar-refractivity contribution is 7.95. The van der Waals surface area contributed by atoms with Crippen LogP contribution in [-0.2, 0) is 9.84 Å². The van der Waals surface area contributed by atoms with Crippen LogP contribution in [0.15, 0.2) is 47.4 Å². The molecule has 0 saturated heterocycles. The molecule has 3 nitrogen and oxygen atoms in total. The summed E-state index contributed by atoms with van der Waals surface area (Å²) in [6.45, 7) is 0. The van der Waals surface area contributed by atoms with E-state index in [0.717, 1.165) is 17.0 Å². The molecule has 0 aliphatic heterocycles. The minimum atomic E-state index is -3.47. The van der Waals surface area contributed by atoms with E-state index in [-0.39, 0.29) is 4.91 Å². The molecule has 0 aliphatic carbocycles. The molecule has 2 aromatic carbocycles. The van der Waals surface area contributed by atoms with E-state index >= 15 is 0 Å². The van der Waals surface area contributed by atoms with E-state index in [0.29, 0.717) is 5.56 Å². The molecule has 0 saturated carbocycles. The first-order valence-corrected chi connectivity index (χ1v) is 7.20. The molecule has 0 heterocycles. The Hall–Kier alpha value is -2.12. The SMILES string of the molecule is CS(=O)(=O)/C(C#N)=C\c1ccc2ccccc2c1. The van der Waals surface area contributed by atoms with Gasteiger partial charge in [-0.15, -0.1) is 0 Å². The lowest BCUT2D eigenvalue weighted by molar-refractivity contribution is 0.609. The largest absolute Gasteiger partial charge is 0.223 e. The molecule has 0 unspecified atom stereocenters. The minimum Gasteiger partial charge on any atom is -0.223 e. The zero-order valence-electron chi connectivity index (χ0n) is 9.79. The normalized spacial score (nSPS) is 12.3. The molecular weight excluding hydrogens is 246 g/mol. The maximum absolute atomic E-state index is 11.3. The Labute approximate surface area is 106 Å². The molecule has 0 aliphatic rings. The van der Waals surface area contributed by atoms with E-state index in [1.165, 1.54) is 6.08 Å². The van der Waals surface area contributed by atoms with E-state index in [2.05, 4.69) is 0 Å². The van der Waals surface area contributed by atoms with Gasteiger partial charge in [-0.3, -0.25) is 0 Å². The van der Waals surface area contributed by atoms with Crippen molar-refractivity contribution in [3.8, 4) is 6.07 Å². The van der Waals surface area contributed by atoms with Crippen molar-refractivity contribution in [3.05, 3.63) is 52.9 Å². The number of benzene rings is 2. The topological polar surface area (TPSA) is 57.9 Å². The zero-order chi connectivity index (χ0) is 13.2. The molecule has 0 bridgehead atoms. The van der Waals surface area contributed by atoms with E-state index in [1.54, 1.807) is 12.1 Å². The third kappa shape index (κ3) is 2.58. The van der Waals surface area contributed by atoms with Gasteiger partial charge in [0.25, 0.3) is 0 Å². The second-order valence-corrected chi connectivity index (χ2v) is 5.98. The van der Waals surface area contributed by atoms with Gasteiger partial charge >= 0.3 is 0 Å². The average molecular weight is 257 g/mol. The number of hydrogen-bond donors (Lipinski definition) is 0. The van der Waals surface area contributed by atoms with Crippen molar-refractivity contribution >= 4 is 26.7 Å². The molecule has 0 fully saturated rings. The minimum absolute atomic E-state index is 0.224. The van der Waals surface area contributed by atoms with Crippen LogP contribution in [0.1, 0.15) is 5.56 Å². The Bertz CT molecular complexity index is 768. The fourth-order valence-corrected chi connectivity index (χ4v) is 2.19. The molecule has 0 radical (unpaired) electrons. The third-order valence-electron chi connectivity index (χ3n) is 2.58. The lowest BCUT2D eigenvalue weighted by atomic mass is 10.1. The van der Waals surface area contributed by atoms with Crippen LogP contribution in [0, 0.1) is 11.3 Å². The second kappa shape index (κ2) is 4.63. The highest BCUT2D eigenvalue weighted by atomic mass is 32.2. The molecule has 18 heavy (non-hydrogen) atoms. The maximum atomic E-state index is 11.3. The smallest absolute Gasteiger partial charge is 0.185 e. The molecule has 0 aromatic heterocycles. The van der Waals surface area contributed by atoms with Gasteiger partial charge in [-0.25, -0.2) is 8.42 Å². The number of nitrogens with zero attached hydrogens (tertiary/aromatic N) is 1. The third-order valence-corrected chi connectivity index (χ3v) is 3.59. The van der Waals surface area contributed by atoms with Crippen LogP contribution in [0.25, 0.3) is 16.8 Å². The highest BCUT2D eigenvalue weighted by Gasteiger charge is 2.10. The zero-order valence-corrected chi connectivity index (χ0v) is 10.6. The number of rotatable bonds is 2. The van der Waals surface area contributed by atoms with Gasteiger partial charge in [0, 0.05) is 6.26 Å². The molecule has 90 valence electrons. The number of sulfone groups is 1. The summed E-state index contributed by atoms with van der Waals surface area (Å²) in [7, 11) is -3.47. The lowest BCUT2D eigenvalue weighted by Gasteiger charge is -2.00. The number of nitriles is 1. The van der Waals surface area contributed by atoms with E-state index < -0.39 is 9.84 Å². The summed E-state index contributed by atoms with van der Waals surface area (Å²) in [5.41, 5.74) is 0.704. The molecule has 2 rings (SSSR count). The molecule has 4 heteroatoms. The van der Waals surface area contributed by atoms with Gasteiger partial charge in [0.1, 0.15) is 11.0 Å². The van der Waals surface area contributed by atoms with E-state index in [1.807, 2.05) is 36.4 Å². The van der Waals surface area contributed by atoms with Gasteiger partial charge in [-0.05, 0) is 28.5 Å². The highest BCUT2D eigenvalue weighted by Crippen LogP contribution is 2.18. The summed E-state index contributed by atoms with van der Waals surface area (Å²) in [5, 5.41) is 10.9. The molecule has 0 spiro atoms. The lowest BCUT2D eigenvalue weighted by Crippen LogP contribution is -1.98. The van der Waals surface area contributed by atoms with E-state index in [4.69, 9.17) is 5.26 Å². The van der Waals surface area contributed by atoms with Crippen molar-refractivity contribution in [2.24, 2.45) is 0 Å². The summed E-state index contributed by atoms with van der Waals surface area (Å²) in [6.07, 6.45) is 2.42. The Morgan fingerprint density at radius 3 is 2.44 bits per heavy atom. The standard InChI is InChI=1S/C14H11NO2S/c1-18(16,17)14(10-15)9-11-6-7-12-4-2-3-5-13(12)8-11/h2-9H,1H3/b14-9-. The second-order valence-electron chi connectivity index (χ2n) is 4.00. The Morgan fingerprint density at radius 2 is 1.83 bits per heavy atom. The molecular formula is C14H11NO2S.